The number of benzene rings is 2. The first-order chi connectivity index (χ1) is 10.6. The molecule has 110 valence electrons. The third kappa shape index (κ3) is 2.87. The maximum Gasteiger partial charge on any atom is 0.258 e. The second-order valence-corrected chi connectivity index (χ2v) is 5.12. The van der Waals surface area contributed by atoms with Gasteiger partial charge in [-0.25, -0.2) is 4.39 Å². The Morgan fingerprint density at radius 1 is 1.05 bits per heavy atom. The predicted octanol–water partition coefficient (Wildman–Crippen LogP) is 4.52. The van der Waals surface area contributed by atoms with Gasteiger partial charge >= 0.3 is 0 Å². The van der Waals surface area contributed by atoms with Crippen molar-refractivity contribution in [3.8, 4) is 5.69 Å². The summed E-state index contributed by atoms with van der Waals surface area (Å²) < 4.78 is 15.5. The summed E-state index contributed by atoms with van der Waals surface area (Å²) in [5.74, 6) is -1.06. The Bertz CT molecular complexity index is 815. The van der Waals surface area contributed by atoms with E-state index in [2.05, 4.69) is 5.32 Å². The van der Waals surface area contributed by atoms with E-state index in [0.29, 0.717) is 16.4 Å². The number of carbonyl (C=O) groups excluding carboxylic acids is 1. The van der Waals surface area contributed by atoms with Crippen molar-refractivity contribution in [3.05, 3.63) is 83.4 Å². The molecule has 22 heavy (non-hydrogen) atoms. The fraction of sp³-hybridized carbons (Fsp3) is 0. The van der Waals surface area contributed by atoms with Crippen LogP contribution >= 0.6 is 11.6 Å². The van der Waals surface area contributed by atoms with Crippen molar-refractivity contribution in [2.75, 3.05) is 5.32 Å². The Morgan fingerprint density at radius 2 is 1.77 bits per heavy atom. The van der Waals surface area contributed by atoms with E-state index in [0.717, 1.165) is 0 Å². The van der Waals surface area contributed by atoms with Crippen molar-refractivity contribution in [1.82, 2.24) is 4.57 Å². The summed E-state index contributed by atoms with van der Waals surface area (Å²) in [6, 6.07) is 14.7. The molecule has 0 bridgehead atoms. The maximum atomic E-state index is 13.7. The van der Waals surface area contributed by atoms with Crippen LogP contribution < -0.4 is 5.32 Å². The summed E-state index contributed by atoms with van der Waals surface area (Å²) in [7, 11) is 0. The van der Waals surface area contributed by atoms with Crippen molar-refractivity contribution in [3.63, 3.8) is 0 Å². The number of halogens is 2. The molecule has 1 aromatic heterocycles. The minimum absolute atomic E-state index is 0.00379. The second kappa shape index (κ2) is 6.03. The van der Waals surface area contributed by atoms with Crippen LogP contribution in [0.2, 0.25) is 5.02 Å². The first-order valence-electron chi connectivity index (χ1n) is 6.64. The number of rotatable bonds is 3. The Morgan fingerprint density at radius 3 is 2.50 bits per heavy atom. The van der Waals surface area contributed by atoms with Gasteiger partial charge in [0.1, 0.15) is 5.82 Å². The molecule has 3 rings (SSSR count). The minimum atomic E-state index is -0.559. The highest BCUT2D eigenvalue weighted by Crippen LogP contribution is 2.25. The van der Waals surface area contributed by atoms with Gasteiger partial charge in [0.15, 0.2) is 0 Å². The first-order valence-corrected chi connectivity index (χ1v) is 7.02. The number of hydrogen-bond acceptors (Lipinski definition) is 1. The molecule has 1 amide bonds. The number of aromatic nitrogens is 1. The van der Waals surface area contributed by atoms with E-state index in [-0.39, 0.29) is 5.56 Å². The van der Waals surface area contributed by atoms with Crippen molar-refractivity contribution in [2.24, 2.45) is 0 Å². The summed E-state index contributed by atoms with van der Waals surface area (Å²) in [4.78, 5) is 12.2. The molecule has 1 N–H and O–H groups in total. The molecule has 0 unspecified atom stereocenters. The molecule has 5 heteroatoms. The third-order valence-corrected chi connectivity index (χ3v) is 3.44. The molecule has 1 heterocycles. The smallest absolute Gasteiger partial charge is 0.258 e. The van der Waals surface area contributed by atoms with E-state index >= 15 is 0 Å². The number of hydrogen-bond donors (Lipinski definition) is 1. The molecule has 0 radical (unpaired) electrons. The van der Waals surface area contributed by atoms with E-state index in [9.17, 15) is 9.18 Å². The highest BCUT2D eigenvalue weighted by Gasteiger charge is 2.13. The van der Waals surface area contributed by atoms with Crippen LogP contribution in [0.15, 0.2) is 67.0 Å². The summed E-state index contributed by atoms with van der Waals surface area (Å²) in [5, 5.41) is 3.27. The van der Waals surface area contributed by atoms with Gasteiger partial charge in [0.2, 0.25) is 0 Å². The Hall–Kier alpha value is -2.59. The lowest BCUT2D eigenvalue weighted by Crippen LogP contribution is -2.15. The molecule has 0 spiro atoms. The van der Waals surface area contributed by atoms with Crippen molar-refractivity contribution in [1.29, 1.82) is 0 Å². The Balaban J connectivity index is 1.96. The SMILES string of the molecule is O=C(Nc1ccc(Cl)cc1-n1cccc1)c1ccccc1F. The van der Waals surface area contributed by atoms with Crippen LogP contribution in [-0.2, 0) is 0 Å². The summed E-state index contributed by atoms with van der Waals surface area (Å²) in [6.45, 7) is 0. The van der Waals surface area contributed by atoms with Gasteiger partial charge in [-0.3, -0.25) is 4.79 Å². The molecular formula is C17H12ClFN2O. The predicted molar refractivity (Wildman–Crippen MR) is 85.1 cm³/mol. The zero-order valence-electron chi connectivity index (χ0n) is 11.5. The zero-order valence-corrected chi connectivity index (χ0v) is 12.2. The van der Waals surface area contributed by atoms with Crippen LogP contribution in [0.3, 0.4) is 0 Å². The number of anilines is 1. The number of carbonyl (C=O) groups is 1. The van der Waals surface area contributed by atoms with Gasteiger partial charge in [-0.15, -0.1) is 0 Å². The molecule has 0 saturated carbocycles. The van der Waals surface area contributed by atoms with Crippen LogP contribution in [0.4, 0.5) is 10.1 Å². The van der Waals surface area contributed by atoms with Crippen LogP contribution in [0.1, 0.15) is 10.4 Å². The van der Waals surface area contributed by atoms with Crippen LogP contribution in [-0.4, -0.2) is 10.5 Å². The number of nitrogens with one attached hydrogen (secondary N) is 1. The Kier molecular flexibility index (Phi) is 3.94. The topological polar surface area (TPSA) is 34.0 Å². The molecule has 0 saturated heterocycles. The zero-order chi connectivity index (χ0) is 15.5. The minimum Gasteiger partial charge on any atom is -0.322 e. The molecular weight excluding hydrogens is 303 g/mol. The number of amides is 1. The second-order valence-electron chi connectivity index (χ2n) is 4.69. The molecule has 0 aliphatic heterocycles. The largest absolute Gasteiger partial charge is 0.322 e. The Labute approximate surface area is 132 Å². The average molecular weight is 315 g/mol. The van der Waals surface area contributed by atoms with E-state index in [4.69, 9.17) is 11.6 Å². The van der Waals surface area contributed by atoms with Crippen molar-refractivity contribution in [2.45, 2.75) is 0 Å². The fourth-order valence-electron chi connectivity index (χ4n) is 2.15. The van der Waals surface area contributed by atoms with Crippen LogP contribution in [0.5, 0.6) is 0 Å². The van der Waals surface area contributed by atoms with E-state index in [1.54, 1.807) is 30.3 Å². The van der Waals surface area contributed by atoms with Crippen LogP contribution in [0.25, 0.3) is 5.69 Å². The van der Waals surface area contributed by atoms with Gasteiger partial charge in [0.05, 0.1) is 16.9 Å². The quantitative estimate of drug-likeness (QED) is 0.757. The fourth-order valence-corrected chi connectivity index (χ4v) is 2.32. The van der Waals surface area contributed by atoms with Gasteiger partial charge in [-0.1, -0.05) is 23.7 Å². The monoisotopic (exact) mass is 314 g/mol. The maximum absolute atomic E-state index is 13.7. The van der Waals surface area contributed by atoms with Crippen molar-refractivity contribution >= 4 is 23.2 Å². The van der Waals surface area contributed by atoms with E-state index in [1.165, 1.54) is 12.1 Å². The highest BCUT2D eigenvalue weighted by molar-refractivity contribution is 6.31. The summed E-state index contributed by atoms with van der Waals surface area (Å²) >= 11 is 6.03. The standard InChI is InChI=1S/C17H12ClFN2O/c18-12-7-8-15(16(11-12)21-9-3-4-10-21)20-17(22)13-5-1-2-6-14(13)19/h1-11H,(H,20,22). The molecule has 2 aromatic carbocycles. The molecule has 0 aliphatic rings. The highest BCUT2D eigenvalue weighted by atomic mass is 35.5. The lowest BCUT2D eigenvalue weighted by atomic mass is 10.2. The lowest BCUT2D eigenvalue weighted by Gasteiger charge is -2.13. The van der Waals surface area contributed by atoms with Gasteiger partial charge in [-0.2, -0.15) is 0 Å². The molecule has 3 aromatic rings. The van der Waals surface area contributed by atoms with Gasteiger partial charge < -0.3 is 9.88 Å². The molecule has 0 atom stereocenters. The van der Waals surface area contributed by atoms with Gasteiger partial charge in [0, 0.05) is 17.4 Å². The summed E-state index contributed by atoms with van der Waals surface area (Å²) in [5.41, 5.74) is 1.26. The molecule has 0 aliphatic carbocycles. The molecule has 0 fully saturated rings. The number of nitrogens with zero attached hydrogens (tertiary/aromatic N) is 1. The lowest BCUT2D eigenvalue weighted by molar-refractivity contribution is 0.102. The first kappa shape index (κ1) is 14.4. The van der Waals surface area contributed by atoms with E-state index < -0.39 is 11.7 Å². The van der Waals surface area contributed by atoms with E-state index in [1.807, 2.05) is 29.1 Å². The van der Waals surface area contributed by atoms with Gasteiger partial charge in [-0.05, 0) is 42.5 Å². The third-order valence-electron chi connectivity index (χ3n) is 3.21. The summed E-state index contributed by atoms with van der Waals surface area (Å²) in [6.07, 6.45) is 3.68. The van der Waals surface area contributed by atoms with Crippen molar-refractivity contribution < 1.29 is 9.18 Å². The average Bonchev–Trinajstić information content (AvgIpc) is 3.03. The molecule has 3 nitrogen and oxygen atoms in total. The van der Waals surface area contributed by atoms with Crippen LogP contribution in [0, 0.1) is 5.82 Å². The van der Waals surface area contributed by atoms with Gasteiger partial charge in [0.25, 0.3) is 5.91 Å². The normalized spacial score (nSPS) is 10.5.